The Bertz CT molecular complexity index is 689. The zero-order chi connectivity index (χ0) is 17.0. The molecule has 23 heavy (non-hydrogen) atoms. The number of hydrogen-bond donors (Lipinski definition) is 1. The molecule has 0 radical (unpaired) electrons. The molecule has 1 atom stereocenters. The van der Waals surface area contributed by atoms with Gasteiger partial charge in [0.2, 0.25) is 0 Å². The fraction of sp³-hybridized carbons (Fsp3) is 0.316. The predicted octanol–water partition coefficient (Wildman–Crippen LogP) is 4.41. The van der Waals surface area contributed by atoms with Crippen LogP contribution in [0.15, 0.2) is 36.4 Å². The SMILES string of the molecule is Cc1cc(C)c(C(=O)NC[C@H](C)Oc2ccccc2I)c(C)c1. The highest BCUT2D eigenvalue weighted by Gasteiger charge is 2.14. The first-order valence-corrected chi connectivity index (χ1v) is 8.73. The maximum absolute atomic E-state index is 12.5. The summed E-state index contributed by atoms with van der Waals surface area (Å²) in [6.45, 7) is 8.41. The van der Waals surface area contributed by atoms with Crippen LogP contribution in [-0.4, -0.2) is 18.6 Å². The van der Waals surface area contributed by atoms with Crippen molar-refractivity contribution in [1.29, 1.82) is 0 Å². The maximum atomic E-state index is 12.5. The van der Waals surface area contributed by atoms with E-state index in [9.17, 15) is 4.79 Å². The molecule has 1 amide bonds. The van der Waals surface area contributed by atoms with Crippen LogP contribution >= 0.6 is 22.6 Å². The lowest BCUT2D eigenvalue weighted by Crippen LogP contribution is -2.34. The highest BCUT2D eigenvalue weighted by atomic mass is 127. The van der Waals surface area contributed by atoms with Gasteiger partial charge < -0.3 is 10.1 Å². The van der Waals surface area contributed by atoms with E-state index in [1.54, 1.807) is 0 Å². The molecule has 0 aliphatic heterocycles. The number of rotatable bonds is 5. The molecule has 0 fully saturated rings. The summed E-state index contributed by atoms with van der Waals surface area (Å²) < 4.78 is 6.95. The highest BCUT2D eigenvalue weighted by molar-refractivity contribution is 14.1. The van der Waals surface area contributed by atoms with Gasteiger partial charge in [-0.3, -0.25) is 4.79 Å². The molecule has 0 aromatic heterocycles. The van der Waals surface area contributed by atoms with Crippen molar-refractivity contribution in [3.63, 3.8) is 0 Å². The number of carbonyl (C=O) groups is 1. The van der Waals surface area contributed by atoms with Crippen LogP contribution in [-0.2, 0) is 0 Å². The number of halogens is 1. The largest absolute Gasteiger partial charge is 0.488 e. The number of benzene rings is 2. The second kappa shape index (κ2) is 7.81. The second-order valence-corrected chi connectivity index (χ2v) is 7.00. The number of amides is 1. The summed E-state index contributed by atoms with van der Waals surface area (Å²) in [4.78, 5) is 12.5. The van der Waals surface area contributed by atoms with Crippen molar-refractivity contribution in [2.24, 2.45) is 0 Å². The molecule has 0 aliphatic rings. The van der Waals surface area contributed by atoms with Crippen molar-refractivity contribution in [2.75, 3.05) is 6.54 Å². The van der Waals surface area contributed by atoms with E-state index in [-0.39, 0.29) is 12.0 Å². The molecular formula is C19H22INO2. The van der Waals surface area contributed by atoms with Gasteiger partial charge in [-0.1, -0.05) is 29.8 Å². The minimum absolute atomic E-state index is 0.0433. The van der Waals surface area contributed by atoms with E-state index in [1.165, 1.54) is 5.56 Å². The Balaban J connectivity index is 1.98. The molecule has 2 aromatic carbocycles. The molecule has 3 nitrogen and oxygen atoms in total. The smallest absolute Gasteiger partial charge is 0.251 e. The molecule has 0 saturated heterocycles. The summed E-state index contributed by atoms with van der Waals surface area (Å²) in [6, 6.07) is 11.9. The van der Waals surface area contributed by atoms with Crippen LogP contribution < -0.4 is 10.1 Å². The van der Waals surface area contributed by atoms with Gasteiger partial charge in [-0.25, -0.2) is 0 Å². The van der Waals surface area contributed by atoms with Gasteiger partial charge in [0.1, 0.15) is 11.9 Å². The minimum Gasteiger partial charge on any atom is -0.488 e. The first kappa shape index (κ1) is 17.8. The molecule has 1 N–H and O–H groups in total. The lowest BCUT2D eigenvalue weighted by molar-refractivity contribution is 0.0930. The number of carbonyl (C=O) groups excluding carboxylic acids is 1. The van der Waals surface area contributed by atoms with Gasteiger partial charge in [0, 0.05) is 5.56 Å². The minimum atomic E-state index is -0.0964. The number of nitrogens with one attached hydrogen (secondary N) is 1. The molecule has 0 aliphatic carbocycles. The predicted molar refractivity (Wildman–Crippen MR) is 102 cm³/mol. The van der Waals surface area contributed by atoms with Crippen LogP contribution in [0.25, 0.3) is 0 Å². The van der Waals surface area contributed by atoms with Crippen molar-refractivity contribution in [3.8, 4) is 5.75 Å². The fourth-order valence-corrected chi connectivity index (χ4v) is 3.18. The van der Waals surface area contributed by atoms with E-state index in [0.29, 0.717) is 6.54 Å². The van der Waals surface area contributed by atoms with Crippen molar-refractivity contribution < 1.29 is 9.53 Å². The maximum Gasteiger partial charge on any atom is 0.251 e. The van der Waals surface area contributed by atoms with Gasteiger partial charge in [-0.2, -0.15) is 0 Å². The molecule has 0 spiro atoms. The number of para-hydroxylation sites is 1. The number of ether oxygens (including phenoxy) is 1. The van der Waals surface area contributed by atoms with Crippen molar-refractivity contribution >= 4 is 28.5 Å². The fourth-order valence-electron chi connectivity index (χ4n) is 2.66. The summed E-state index contributed by atoms with van der Waals surface area (Å²) in [5.41, 5.74) is 3.95. The van der Waals surface area contributed by atoms with E-state index in [1.807, 2.05) is 64.1 Å². The Labute approximate surface area is 151 Å². The van der Waals surface area contributed by atoms with Gasteiger partial charge >= 0.3 is 0 Å². The van der Waals surface area contributed by atoms with E-state index >= 15 is 0 Å². The standard InChI is InChI=1S/C19H22INO2/c1-12-9-13(2)18(14(3)10-12)19(22)21-11-15(4)23-17-8-6-5-7-16(17)20/h5-10,15H,11H2,1-4H3,(H,21,22)/t15-/m0/s1. The van der Waals surface area contributed by atoms with E-state index in [4.69, 9.17) is 4.74 Å². The van der Waals surface area contributed by atoms with Gasteiger partial charge in [0.05, 0.1) is 10.1 Å². The van der Waals surface area contributed by atoms with Crippen molar-refractivity contribution in [2.45, 2.75) is 33.8 Å². The second-order valence-electron chi connectivity index (χ2n) is 5.84. The Morgan fingerprint density at radius 2 is 1.78 bits per heavy atom. The molecular weight excluding hydrogens is 401 g/mol. The summed E-state index contributed by atoms with van der Waals surface area (Å²) in [7, 11) is 0. The molecule has 0 saturated carbocycles. The third kappa shape index (κ3) is 4.70. The van der Waals surface area contributed by atoms with Crippen LogP contribution in [0.4, 0.5) is 0 Å². The normalized spacial score (nSPS) is 11.9. The summed E-state index contributed by atoms with van der Waals surface area (Å²) in [6.07, 6.45) is -0.0964. The Hall–Kier alpha value is -1.56. The monoisotopic (exact) mass is 423 g/mol. The summed E-state index contributed by atoms with van der Waals surface area (Å²) in [5, 5.41) is 2.97. The average molecular weight is 423 g/mol. The molecule has 4 heteroatoms. The van der Waals surface area contributed by atoms with Crippen LogP contribution in [0, 0.1) is 24.3 Å². The zero-order valence-electron chi connectivity index (χ0n) is 13.9. The van der Waals surface area contributed by atoms with Crippen molar-refractivity contribution in [3.05, 3.63) is 62.2 Å². The topological polar surface area (TPSA) is 38.3 Å². The van der Waals surface area contributed by atoms with Crippen LogP contribution in [0.5, 0.6) is 5.75 Å². The Kier molecular flexibility index (Phi) is 6.04. The zero-order valence-corrected chi connectivity index (χ0v) is 16.1. The molecule has 0 bridgehead atoms. The van der Waals surface area contributed by atoms with Crippen LogP contribution in [0.1, 0.15) is 34.0 Å². The van der Waals surface area contributed by atoms with Gasteiger partial charge in [-0.05, 0) is 73.5 Å². The Morgan fingerprint density at radius 3 is 2.39 bits per heavy atom. The molecule has 0 unspecified atom stereocenters. The first-order valence-electron chi connectivity index (χ1n) is 7.65. The third-order valence-corrected chi connectivity index (χ3v) is 4.51. The number of aryl methyl sites for hydroxylation is 3. The third-order valence-electron chi connectivity index (χ3n) is 3.62. The van der Waals surface area contributed by atoms with Gasteiger partial charge in [-0.15, -0.1) is 0 Å². The first-order chi connectivity index (χ1) is 10.9. The molecule has 122 valence electrons. The summed E-state index contributed by atoms with van der Waals surface area (Å²) >= 11 is 2.24. The van der Waals surface area contributed by atoms with Gasteiger partial charge in [0.15, 0.2) is 0 Å². The average Bonchev–Trinajstić information content (AvgIpc) is 2.46. The van der Waals surface area contributed by atoms with E-state index in [2.05, 4.69) is 27.9 Å². The van der Waals surface area contributed by atoms with E-state index in [0.717, 1.165) is 26.0 Å². The van der Waals surface area contributed by atoms with Gasteiger partial charge in [0.25, 0.3) is 5.91 Å². The lowest BCUT2D eigenvalue weighted by atomic mass is 9.99. The van der Waals surface area contributed by atoms with Crippen LogP contribution in [0.3, 0.4) is 0 Å². The van der Waals surface area contributed by atoms with E-state index < -0.39 is 0 Å². The van der Waals surface area contributed by atoms with Crippen LogP contribution in [0.2, 0.25) is 0 Å². The lowest BCUT2D eigenvalue weighted by Gasteiger charge is -2.17. The molecule has 0 heterocycles. The molecule has 2 aromatic rings. The summed E-state index contributed by atoms with van der Waals surface area (Å²) in [5.74, 6) is 0.802. The number of hydrogen-bond acceptors (Lipinski definition) is 2. The quantitative estimate of drug-likeness (QED) is 0.724. The molecule has 2 rings (SSSR count). The van der Waals surface area contributed by atoms with Crippen molar-refractivity contribution in [1.82, 2.24) is 5.32 Å². The Morgan fingerprint density at radius 1 is 1.17 bits per heavy atom. The highest BCUT2D eigenvalue weighted by Crippen LogP contribution is 2.21.